The quantitative estimate of drug-likeness (QED) is 0.452. The topological polar surface area (TPSA) is 77.8 Å². The monoisotopic (exact) mass is 538 g/mol. The lowest BCUT2D eigenvalue weighted by molar-refractivity contribution is -0.0799. The minimum Gasteiger partial charge on any atom is -0.461 e. The third-order valence-corrected chi connectivity index (χ3v) is 9.43. The molecule has 1 aromatic heterocycles. The summed E-state index contributed by atoms with van der Waals surface area (Å²) < 4.78 is 12.5. The normalized spacial score (nSPS) is 24.1. The van der Waals surface area contributed by atoms with Crippen LogP contribution in [-0.2, 0) is 17.7 Å². The lowest BCUT2D eigenvalue weighted by Gasteiger charge is -2.38. The van der Waals surface area contributed by atoms with Crippen molar-refractivity contribution in [1.82, 2.24) is 14.9 Å². The first-order valence-corrected chi connectivity index (χ1v) is 14.8. The molecule has 2 atom stereocenters. The van der Waals surface area contributed by atoms with Crippen LogP contribution in [-0.4, -0.2) is 73.0 Å². The molecule has 3 aromatic rings. The van der Waals surface area contributed by atoms with Crippen molar-refractivity contribution in [3.05, 3.63) is 53.7 Å². The van der Waals surface area contributed by atoms with Crippen molar-refractivity contribution in [3.8, 4) is 12.1 Å². The Hall–Kier alpha value is -3.41. The Kier molecular flexibility index (Phi) is 6.73. The molecule has 8 nitrogen and oxygen atoms in total. The van der Waals surface area contributed by atoms with E-state index in [0.29, 0.717) is 25.0 Å². The van der Waals surface area contributed by atoms with Gasteiger partial charge in [0.25, 0.3) is 0 Å². The van der Waals surface area contributed by atoms with Crippen LogP contribution in [0.2, 0.25) is 0 Å². The van der Waals surface area contributed by atoms with Gasteiger partial charge in [0.2, 0.25) is 0 Å². The molecule has 4 heterocycles. The molecule has 1 aliphatic carbocycles. The number of ether oxygens (including phenoxy) is 2. The van der Waals surface area contributed by atoms with Gasteiger partial charge in [-0.05, 0) is 56.5 Å². The fourth-order valence-corrected chi connectivity index (χ4v) is 6.83. The molecule has 4 aliphatic rings. The molecule has 1 spiro atoms. The Balaban J connectivity index is 1.17. The molecule has 0 N–H and O–H groups in total. The number of nitrogens with zero attached hydrogens (tertiary/aromatic N) is 6. The molecule has 3 fully saturated rings. The first-order valence-electron chi connectivity index (χ1n) is 14.8. The number of anilines is 2. The zero-order chi connectivity index (χ0) is 27.1. The largest absolute Gasteiger partial charge is 0.461 e. The number of hydrogen-bond donors (Lipinski definition) is 0. The number of morpholine rings is 1. The van der Waals surface area contributed by atoms with Gasteiger partial charge in [0.05, 0.1) is 24.9 Å². The van der Waals surface area contributed by atoms with Crippen molar-refractivity contribution >= 4 is 22.3 Å². The van der Waals surface area contributed by atoms with Crippen LogP contribution in [0.4, 0.5) is 11.5 Å². The summed E-state index contributed by atoms with van der Waals surface area (Å²) in [6, 6.07) is 17.9. The number of fused-ring (bicyclic) bond motifs is 2. The molecule has 0 radical (unpaired) electrons. The van der Waals surface area contributed by atoms with E-state index in [2.05, 4.69) is 70.3 Å². The van der Waals surface area contributed by atoms with Gasteiger partial charge < -0.3 is 19.3 Å². The van der Waals surface area contributed by atoms with E-state index in [9.17, 15) is 5.26 Å². The molecule has 1 saturated carbocycles. The summed E-state index contributed by atoms with van der Waals surface area (Å²) in [6.45, 7) is 5.55. The van der Waals surface area contributed by atoms with Crippen molar-refractivity contribution in [2.75, 3.05) is 56.2 Å². The van der Waals surface area contributed by atoms with Gasteiger partial charge in [-0.3, -0.25) is 4.90 Å². The Morgan fingerprint density at radius 2 is 1.95 bits per heavy atom. The van der Waals surface area contributed by atoms with Crippen molar-refractivity contribution in [2.45, 2.75) is 56.7 Å². The minimum atomic E-state index is 0.0153. The molecule has 0 unspecified atom stereocenters. The molecule has 0 bridgehead atoms. The van der Waals surface area contributed by atoms with Crippen LogP contribution in [0.3, 0.4) is 0 Å². The van der Waals surface area contributed by atoms with Gasteiger partial charge in [-0.1, -0.05) is 36.4 Å². The van der Waals surface area contributed by atoms with E-state index in [1.54, 1.807) is 0 Å². The third-order valence-electron chi connectivity index (χ3n) is 9.43. The van der Waals surface area contributed by atoms with E-state index in [1.807, 2.05) is 0 Å². The Bertz CT molecular complexity index is 1430. The SMILES string of the molecule is CN1C[C@H](COc2nc3c(c(N4CCC[C@@H](CC#N)C4)n2)CCN(c2cccc4ccccc24)C3)OCC12CC2. The second kappa shape index (κ2) is 10.5. The van der Waals surface area contributed by atoms with Crippen molar-refractivity contribution in [1.29, 1.82) is 5.26 Å². The molecular weight excluding hydrogens is 500 g/mol. The first-order chi connectivity index (χ1) is 19.6. The lowest BCUT2D eigenvalue weighted by atomic mass is 9.94. The highest BCUT2D eigenvalue weighted by atomic mass is 16.5. The summed E-state index contributed by atoms with van der Waals surface area (Å²) in [5.41, 5.74) is 3.78. The van der Waals surface area contributed by atoms with Crippen LogP contribution in [0.5, 0.6) is 6.01 Å². The predicted molar refractivity (Wildman–Crippen MR) is 156 cm³/mol. The van der Waals surface area contributed by atoms with E-state index in [4.69, 9.17) is 19.4 Å². The molecule has 208 valence electrons. The highest BCUT2D eigenvalue weighted by Crippen LogP contribution is 2.43. The van der Waals surface area contributed by atoms with E-state index >= 15 is 0 Å². The number of hydrogen-bond acceptors (Lipinski definition) is 8. The van der Waals surface area contributed by atoms with Gasteiger partial charge in [0.15, 0.2) is 0 Å². The lowest BCUT2D eigenvalue weighted by Crippen LogP contribution is -2.51. The second-order valence-corrected chi connectivity index (χ2v) is 12.1. The first kappa shape index (κ1) is 25.6. The highest BCUT2D eigenvalue weighted by Gasteiger charge is 2.50. The molecule has 3 aliphatic heterocycles. The maximum Gasteiger partial charge on any atom is 0.318 e. The number of aromatic nitrogens is 2. The van der Waals surface area contributed by atoms with Crippen molar-refractivity contribution < 1.29 is 9.47 Å². The predicted octanol–water partition coefficient (Wildman–Crippen LogP) is 4.56. The number of likely N-dealkylation sites (N-methyl/N-ethyl adjacent to an activating group) is 1. The van der Waals surface area contributed by atoms with Crippen LogP contribution in [0.15, 0.2) is 42.5 Å². The maximum absolute atomic E-state index is 9.34. The van der Waals surface area contributed by atoms with Crippen molar-refractivity contribution in [2.24, 2.45) is 5.92 Å². The van der Waals surface area contributed by atoms with Gasteiger partial charge in [0.1, 0.15) is 18.5 Å². The van der Waals surface area contributed by atoms with Gasteiger partial charge >= 0.3 is 6.01 Å². The van der Waals surface area contributed by atoms with E-state index < -0.39 is 0 Å². The Morgan fingerprint density at radius 1 is 1.07 bits per heavy atom. The van der Waals surface area contributed by atoms with E-state index in [1.165, 1.54) is 34.9 Å². The van der Waals surface area contributed by atoms with Gasteiger partial charge in [-0.2, -0.15) is 15.2 Å². The van der Waals surface area contributed by atoms with Gasteiger partial charge in [-0.25, -0.2) is 0 Å². The summed E-state index contributed by atoms with van der Waals surface area (Å²) >= 11 is 0. The van der Waals surface area contributed by atoms with Crippen LogP contribution in [0, 0.1) is 17.2 Å². The number of benzene rings is 2. The summed E-state index contributed by atoms with van der Waals surface area (Å²) in [5, 5.41) is 11.9. The molecule has 7 rings (SSSR count). The van der Waals surface area contributed by atoms with Crippen LogP contribution >= 0.6 is 0 Å². The van der Waals surface area contributed by atoms with E-state index in [-0.39, 0.29) is 11.6 Å². The fraction of sp³-hybridized carbons (Fsp3) is 0.531. The Morgan fingerprint density at radius 3 is 2.80 bits per heavy atom. The summed E-state index contributed by atoms with van der Waals surface area (Å²) in [6.07, 6.45) is 6.12. The maximum atomic E-state index is 9.34. The standard InChI is InChI=1S/C32H38N6O2/c1-36-19-25(40-22-32(36)13-14-32)21-39-31-34-28-20-37(29-10-4-8-24-7-2-3-9-26(24)29)17-12-27(28)30(35-31)38-16-5-6-23(18-38)11-15-33/h2-4,7-10,23,25H,5-6,11-14,16-22H2,1H3/t23-,25+/m0/s1. The van der Waals surface area contributed by atoms with Crippen LogP contribution in [0.1, 0.15) is 43.4 Å². The minimum absolute atomic E-state index is 0.0153. The van der Waals surface area contributed by atoms with Crippen molar-refractivity contribution in [3.63, 3.8) is 0 Å². The number of rotatable bonds is 6. The number of piperidine rings is 1. The molecule has 8 heteroatoms. The zero-order valence-corrected chi connectivity index (χ0v) is 23.4. The average molecular weight is 539 g/mol. The third kappa shape index (κ3) is 4.86. The van der Waals surface area contributed by atoms with Gasteiger partial charge in [0, 0.05) is 54.8 Å². The number of nitriles is 1. The molecule has 40 heavy (non-hydrogen) atoms. The van der Waals surface area contributed by atoms with Crippen LogP contribution < -0.4 is 14.5 Å². The molecular formula is C32H38N6O2. The highest BCUT2D eigenvalue weighted by molar-refractivity contribution is 5.94. The summed E-state index contributed by atoms with van der Waals surface area (Å²) in [7, 11) is 2.20. The van der Waals surface area contributed by atoms with Gasteiger partial charge in [-0.15, -0.1) is 0 Å². The average Bonchev–Trinajstić information content (AvgIpc) is 3.78. The summed E-state index contributed by atoms with van der Waals surface area (Å²) in [4.78, 5) is 17.3. The smallest absolute Gasteiger partial charge is 0.318 e. The second-order valence-electron chi connectivity index (χ2n) is 12.1. The molecule has 2 saturated heterocycles. The summed E-state index contributed by atoms with van der Waals surface area (Å²) in [5.74, 6) is 1.38. The Labute approximate surface area is 236 Å². The molecule has 0 amide bonds. The zero-order valence-electron chi connectivity index (χ0n) is 23.4. The van der Waals surface area contributed by atoms with E-state index in [0.717, 1.165) is 70.1 Å². The molecule has 2 aromatic carbocycles. The van der Waals surface area contributed by atoms with Crippen LogP contribution in [0.25, 0.3) is 10.8 Å². The fourth-order valence-electron chi connectivity index (χ4n) is 6.83.